The van der Waals surface area contributed by atoms with Crippen LogP contribution in [0.5, 0.6) is 17.2 Å². The third kappa shape index (κ3) is 7.23. The van der Waals surface area contributed by atoms with E-state index < -0.39 is 5.91 Å². The molecule has 38 heavy (non-hydrogen) atoms. The molecule has 10 nitrogen and oxygen atoms in total. The maximum Gasteiger partial charge on any atom is 0.271 e. The van der Waals surface area contributed by atoms with Crippen molar-refractivity contribution in [3.63, 3.8) is 0 Å². The number of benzene rings is 3. The van der Waals surface area contributed by atoms with E-state index in [-0.39, 0.29) is 35.6 Å². The van der Waals surface area contributed by atoms with Crippen LogP contribution in [-0.4, -0.2) is 60.9 Å². The molecule has 1 unspecified atom stereocenters. The number of nitrogens with two attached hydrogens (primary N) is 1. The molecule has 5 N–H and O–H groups in total. The number of anilines is 1. The van der Waals surface area contributed by atoms with Crippen molar-refractivity contribution in [2.75, 3.05) is 32.5 Å². The second-order valence-corrected chi connectivity index (χ2v) is 8.94. The minimum Gasteiger partial charge on any atom is -0.506 e. The van der Waals surface area contributed by atoms with Crippen LogP contribution >= 0.6 is 0 Å². The second kappa shape index (κ2) is 12.6. The van der Waals surface area contributed by atoms with E-state index in [4.69, 9.17) is 15.2 Å². The zero-order chi connectivity index (χ0) is 26.9. The van der Waals surface area contributed by atoms with Crippen molar-refractivity contribution >= 4 is 23.7 Å². The third-order valence-corrected chi connectivity index (χ3v) is 6.12. The monoisotopic (exact) mass is 517 g/mol. The Morgan fingerprint density at radius 2 is 1.97 bits per heavy atom. The molecular weight excluding hydrogens is 486 g/mol. The lowest BCUT2D eigenvalue weighted by molar-refractivity contribution is -0.123. The molecule has 0 radical (unpaired) electrons. The first kappa shape index (κ1) is 26.5. The van der Waals surface area contributed by atoms with Gasteiger partial charge in [0.25, 0.3) is 11.8 Å². The number of hydrazone groups is 1. The Balaban J connectivity index is 1.24. The van der Waals surface area contributed by atoms with Gasteiger partial charge in [0.15, 0.2) is 6.61 Å². The molecule has 1 aliphatic rings. The Kier molecular flexibility index (Phi) is 8.78. The van der Waals surface area contributed by atoms with Gasteiger partial charge in [0.05, 0.1) is 19.0 Å². The number of aromatic hydroxyl groups is 1. The number of carbonyl (C=O) groups is 2. The minimum absolute atomic E-state index is 0.0937. The first-order valence-electron chi connectivity index (χ1n) is 12.2. The number of phenolic OH excluding ortho intramolecular Hbond substituents is 1. The van der Waals surface area contributed by atoms with Gasteiger partial charge >= 0.3 is 0 Å². The number of phenols is 1. The lowest BCUT2D eigenvalue weighted by Gasteiger charge is -2.17. The number of ether oxygens (including phenoxy) is 2. The predicted molar refractivity (Wildman–Crippen MR) is 144 cm³/mol. The van der Waals surface area contributed by atoms with Crippen LogP contribution in [0.3, 0.4) is 0 Å². The molecular formula is C28H31N5O5. The van der Waals surface area contributed by atoms with E-state index >= 15 is 0 Å². The summed E-state index contributed by atoms with van der Waals surface area (Å²) in [7, 11) is 1.50. The first-order valence-corrected chi connectivity index (χ1v) is 12.2. The van der Waals surface area contributed by atoms with Crippen LogP contribution in [0.2, 0.25) is 0 Å². The molecule has 4 rings (SSSR count). The summed E-state index contributed by atoms with van der Waals surface area (Å²) in [6, 6.07) is 19.6. The van der Waals surface area contributed by atoms with E-state index in [0.29, 0.717) is 17.1 Å². The van der Waals surface area contributed by atoms with Crippen molar-refractivity contribution < 1.29 is 24.2 Å². The van der Waals surface area contributed by atoms with Crippen LogP contribution in [-0.2, 0) is 11.3 Å². The molecule has 3 aromatic carbocycles. The van der Waals surface area contributed by atoms with Crippen molar-refractivity contribution in [1.29, 1.82) is 0 Å². The lowest BCUT2D eigenvalue weighted by atomic mass is 10.2. The zero-order valence-electron chi connectivity index (χ0n) is 21.1. The van der Waals surface area contributed by atoms with E-state index in [9.17, 15) is 14.7 Å². The second-order valence-electron chi connectivity index (χ2n) is 8.94. The first-order chi connectivity index (χ1) is 18.4. The van der Waals surface area contributed by atoms with Crippen molar-refractivity contribution in [1.82, 2.24) is 15.6 Å². The van der Waals surface area contributed by atoms with E-state index in [1.165, 1.54) is 37.1 Å². The number of likely N-dealkylation sites (tertiary alicyclic amines) is 1. The molecule has 0 spiro atoms. The number of hydrogen-bond donors (Lipinski definition) is 4. The summed E-state index contributed by atoms with van der Waals surface area (Å²) in [6.07, 6.45) is 2.33. The van der Waals surface area contributed by atoms with E-state index in [1.54, 1.807) is 18.2 Å². The number of nitrogens with zero attached hydrogens (tertiary/aromatic N) is 2. The van der Waals surface area contributed by atoms with Crippen LogP contribution in [0.25, 0.3) is 0 Å². The van der Waals surface area contributed by atoms with E-state index in [0.717, 1.165) is 26.1 Å². The number of nitrogens with one attached hydrogen (secondary N) is 2. The number of hydrogen-bond acceptors (Lipinski definition) is 8. The highest BCUT2D eigenvalue weighted by Gasteiger charge is 2.24. The lowest BCUT2D eigenvalue weighted by Crippen LogP contribution is -2.39. The standard InChI is InChI=1S/C28H31N5O5/c1-37-26-14-23(9-7-21(26)15-30-32-28(36)20-8-10-25(34)24(29)13-20)38-18-27(35)31-22-11-12-33(17-22)16-19-5-3-2-4-6-19/h2-10,13-15,22,34H,11-12,16-18,29H2,1H3,(H,31,35)(H,32,36)/b30-15+. The molecule has 198 valence electrons. The number of amides is 2. The fourth-order valence-electron chi connectivity index (χ4n) is 4.16. The van der Waals surface area contributed by atoms with Gasteiger partial charge in [-0.3, -0.25) is 14.5 Å². The van der Waals surface area contributed by atoms with Crippen LogP contribution in [0.1, 0.15) is 27.9 Å². The number of rotatable bonds is 10. The Labute approximate surface area is 221 Å². The molecule has 0 aromatic heterocycles. The van der Waals surface area contributed by atoms with E-state index in [2.05, 4.69) is 32.9 Å². The van der Waals surface area contributed by atoms with Crippen LogP contribution < -0.4 is 25.9 Å². The Bertz CT molecular complexity index is 1300. The average Bonchev–Trinajstić information content (AvgIpc) is 3.36. The summed E-state index contributed by atoms with van der Waals surface area (Å²) < 4.78 is 11.1. The van der Waals surface area contributed by atoms with Crippen molar-refractivity contribution in [3.8, 4) is 17.2 Å². The molecule has 1 fully saturated rings. The van der Waals surface area contributed by atoms with Gasteiger partial charge in [-0.2, -0.15) is 5.10 Å². The molecule has 1 aliphatic heterocycles. The molecule has 0 saturated carbocycles. The number of methoxy groups -OCH3 is 1. The minimum atomic E-state index is -0.483. The maximum atomic E-state index is 12.5. The highest BCUT2D eigenvalue weighted by Crippen LogP contribution is 2.24. The summed E-state index contributed by atoms with van der Waals surface area (Å²) in [5.74, 6) is 0.165. The van der Waals surface area contributed by atoms with Crippen LogP contribution in [0.4, 0.5) is 5.69 Å². The summed E-state index contributed by atoms with van der Waals surface area (Å²) in [6.45, 7) is 2.50. The van der Waals surface area contributed by atoms with Gasteiger partial charge in [-0.15, -0.1) is 0 Å². The molecule has 2 amide bonds. The van der Waals surface area contributed by atoms with Crippen molar-refractivity contribution in [2.45, 2.75) is 19.0 Å². The smallest absolute Gasteiger partial charge is 0.271 e. The third-order valence-electron chi connectivity index (χ3n) is 6.12. The van der Waals surface area contributed by atoms with Gasteiger partial charge in [0.1, 0.15) is 17.2 Å². The molecule has 1 atom stereocenters. The normalized spacial score (nSPS) is 15.3. The quantitative estimate of drug-likeness (QED) is 0.140. The Morgan fingerprint density at radius 3 is 2.74 bits per heavy atom. The van der Waals surface area contributed by atoms with Gasteiger partial charge in [0.2, 0.25) is 0 Å². The number of nitrogen functional groups attached to an aromatic ring is 1. The zero-order valence-corrected chi connectivity index (χ0v) is 21.1. The molecule has 10 heteroatoms. The van der Waals surface area contributed by atoms with Crippen LogP contribution in [0, 0.1) is 0 Å². The summed E-state index contributed by atoms with van der Waals surface area (Å²) in [4.78, 5) is 27.0. The molecule has 1 saturated heterocycles. The van der Waals surface area contributed by atoms with Gasteiger partial charge < -0.3 is 25.6 Å². The average molecular weight is 518 g/mol. The fraction of sp³-hybridized carbons (Fsp3) is 0.250. The molecule has 0 bridgehead atoms. The number of carbonyl (C=O) groups excluding carboxylic acids is 2. The van der Waals surface area contributed by atoms with Crippen LogP contribution in [0.15, 0.2) is 71.8 Å². The van der Waals surface area contributed by atoms with Crippen molar-refractivity contribution in [3.05, 3.63) is 83.4 Å². The SMILES string of the molecule is COc1cc(OCC(=O)NC2CCN(Cc3ccccc3)C2)ccc1/C=N/NC(=O)c1ccc(O)c(N)c1. The highest BCUT2D eigenvalue weighted by atomic mass is 16.5. The topological polar surface area (TPSA) is 139 Å². The predicted octanol–water partition coefficient (Wildman–Crippen LogP) is 2.52. The maximum absolute atomic E-state index is 12.5. The highest BCUT2D eigenvalue weighted by molar-refractivity contribution is 5.96. The molecule has 0 aliphatic carbocycles. The van der Waals surface area contributed by atoms with Crippen molar-refractivity contribution in [2.24, 2.45) is 5.10 Å². The molecule has 1 heterocycles. The summed E-state index contributed by atoms with van der Waals surface area (Å²) in [5, 5.41) is 16.5. The van der Waals surface area contributed by atoms with Gasteiger partial charge in [-0.1, -0.05) is 30.3 Å². The van der Waals surface area contributed by atoms with E-state index in [1.807, 2.05) is 18.2 Å². The Hall–Kier alpha value is -4.57. The Morgan fingerprint density at radius 1 is 1.16 bits per heavy atom. The summed E-state index contributed by atoms with van der Waals surface area (Å²) >= 11 is 0. The van der Waals surface area contributed by atoms with Gasteiger partial charge in [-0.25, -0.2) is 5.43 Å². The summed E-state index contributed by atoms with van der Waals surface area (Å²) in [5.41, 5.74) is 10.2. The van der Waals surface area contributed by atoms with Gasteiger partial charge in [-0.05, 0) is 42.3 Å². The van der Waals surface area contributed by atoms with Gasteiger partial charge in [0, 0.05) is 42.9 Å². The largest absolute Gasteiger partial charge is 0.506 e. The molecule has 3 aromatic rings. The fourth-order valence-corrected chi connectivity index (χ4v) is 4.16.